The number of nitrogens with two attached hydrogens (primary N) is 2. The van der Waals surface area contributed by atoms with Crippen molar-refractivity contribution in [3.63, 3.8) is 0 Å². The standard InChI is InChI=1S/C21H27N9O/c1-13(2)18-19-20(30(23)28-18)17(26-21(27-19)24-12-16(31)11-22)10-14-4-6-15(7-5-14)29-9-3-8-25-29/h3-9,13,16,31H,10-12,22-23H2,1-2H3,(H,24,26,27). The van der Waals surface area contributed by atoms with Crippen LogP contribution in [-0.4, -0.2) is 53.9 Å². The summed E-state index contributed by atoms with van der Waals surface area (Å²) in [6.07, 6.45) is 3.51. The highest BCUT2D eigenvalue weighted by Crippen LogP contribution is 2.27. The van der Waals surface area contributed by atoms with Crippen molar-refractivity contribution in [3.05, 3.63) is 59.7 Å². The quantitative estimate of drug-likeness (QED) is 0.310. The van der Waals surface area contributed by atoms with E-state index in [1.165, 1.54) is 4.79 Å². The molecule has 1 unspecified atom stereocenters. The molecule has 3 aromatic heterocycles. The Balaban J connectivity index is 1.71. The molecule has 0 aliphatic carbocycles. The smallest absolute Gasteiger partial charge is 0.223 e. The third-order valence-electron chi connectivity index (χ3n) is 5.04. The van der Waals surface area contributed by atoms with Crippen LogP contribution in [0.2, 0.25) is 0 Å². The van der Waals surface area contributed by atoms with Gasteiger partial charge < -0.3 is 22.0 Å². The largest absolute Gasteiger partial charge is 0.390 e. The lowest BCUT2D eigenvalue weighted by molar-refractivity contribution is 0.196. The molecule has 0 fully saturated rings. The van der Waals surface area contributed by atoms with Gasteiger partial charge in [0.15, 0.2) is 0 Å². The highest BCUT2D eigenvalue weighted by molar-refractivity contribution is 5.82. The molecule has 1 atom stereocenters. The normalized spacial score (nSPS) is 12.5. The molecule has 0 saturated heterocycles. The fourth-order valence-electron chi connectivity index (χ4n) is 3.40. The van der Waals surface area contributed by atoms with E-state index >= 15 is 0 Å². The summed E-state index contributed by atoms with van der Waals surface area (Å²) in [6, 6.07) is 9.98. The van der Waals surface area contributed by atoms with Crippen LogP contribution in [0.15, 0.2) is 42.7 Å². The third kappa shape index (κ3) is 4.35. The minimum atomic E-state index is -0.681. The van der Waals surface area contributed by atoms with Gasteiger partial charge in [-0.3, -0.25) is 0 Å². The van der Waals surface area contributed by atoms with E-state index in [0.29, 0.717) is 23.4 Å². The first-order chi connectivity index (χ1) is 15.0. The van der Waals surface area contributed by atoms with Crippen LogP contribution in [0.3, 0.4) is 0 Å². The first-order valence-corrected chi connectivity index (χ1v) is 10.2. The Morgan fingerprint density at radius 3 is 2.58 bits per heavy atom. The molecular weight excluding hydrogens is 394 g/mol. The van der Waals surface area contributed by atoms with Gasteiger partial charge in [-0.25, -0.2) is 14.6 Å². The Bertz CT molecular complexity index is 1150. The Morgan fingerprint density at radius 1 is 1.16 bits per heavy atom. The Hall–Kier alpha value is -3.50. The minimum absolute atomic E-state index is 0.144. The zero-order valence-electron chi connectivity index (χ0n) is 17.6. The fraction of sp³-hybridized carbons (Fsp3) is 0.333. The molecule has 31 heavy (non-hydrogen) atoms. The molecule has 10 heteroatoms. The summed E-state index contributed by atoms with van der Waals surface area (Å²) in [7, 11) is 0. The predicted molar refractivity (Wildman–Crippen MR) is 119 cm³/mol. The maximum Gasteiger partial charge on any atom is 0.223 e. The Morgan fingerprint density at radius 2 is 1.94 bits per heavy atom. The number of aliphatic hydroxyl groups excluding tert-OH is 1. The van der Waals surface area contributed by atoms with Crippen molar-refractivity contribution in [1.29, 1.82) is 0 Å². The van der Waals surface area contributed by atoms with Crippen molar-refractivity contribution in [1.82, 2.24) is 29.6 Å². The summed E-state index contributed by atoms with van der Waals surface area (Å²) >= 11 is 0. The van der Waals surface area contributed by atoms with Crippen LogP contribution in [0.1, 0.15) is 36.7 Å². The summed E-state index contributed by atoms with van der Waals surface area (Å²) in [6.45, 7) is 4.50. The summed E-state index contributed by atoms with van der Waals surface area (Å²) in [4.78, 5) is 10.7. The summed E-state index contributed by atoms with van der Waals surface area (Å²) in [5.74, 6) is 6.75. The van der Waals surface area contributed by atoms with Gasteiger partial charge in [-0.05, 0) is 29.7 Å². The van der Waals surface area contributed by atoms with E-state index in [2.05, 4.69) is 25.5 Å². The molecule has 6 N–H and O–H groups in total. The number of aromatic nitrogens is 6. The summed E-state index contributed by atoms with van der Waals surface area (Å²) < 4.78 is 1.81. The number of hydrogen-bond acceptors (Lipinski definition) is 8. The van der Waals surface area contributed by atoms with Gasteiger partial charge >= 0.3 is 0 Å². The number of rotatable bonds is 8. The van der Waals surface area contributed by atoms with Gasteiger partial charge in [-0.15, -0.1) is 0 Å². The van der Waals surface area contributed by atoms with Gasteiger partial charge in [-0.2, -0.15) is 15.0 Å². The van der Waals surface area contributed by atoms with E-state index in [9.17, 15) is 5.11 Å². The molecule has 0 saturated carbocycles. The Kier molecular flexibility index (Phi) is 5.83. The van der Waals surface area contributed by atoms with Crippen LogP contribution in [0, 0.1) is 0 Å². The third-order valence-corrected chi connectivity index (χ3v) is 5.04. The van der Waals surface area contributed by atoms with E-state index < -0.39 is 6.10 Å². The van der Waals surface area contributed by atoms with E-state index in [-0.39, 0.29) is 19.0 Å². The topological polar surface area (TPSA) is 146 Å². The van der Waals surface area contributed by atoms with Crippen LogP contribution in [0.5, 0.6) is 0 Å². The SMILES string of the molecule is CC(C)c1nn(N)c2c(Cc3ccc(-n4cccn4)cc3)nc(NCC(O)CN)nc12. The van der Waals surface area contributed by atoms with Crippen molar-refractivity contribution < 1.29 is 5.11 Å². The van der Waals surface area contributed by atoms with Crippen LogP contribution in [-0.2, 0) is 6.42 Å². The van der Waals surface area contributed by atoms with Crippen LogP contribution in [0.25, 0.3) is 16.7 Å². The van der Waals surface area contributed by atoms with Crippen molar-refractivity contribution in [3.8, 4) is 5.69 Å². The summed E-state index contributed by atoms with van der Waals surface area (Å²) in [5.41, 5.74) is 10.5. The highest BCUT2D eigenvalue weighted by Gasteiger charge is 2.20. The fourth-order valence-corrected chi connectivity index (χ4v) is 3.40. The van der Waals surface area contributed by atoms with Crippen LogP contribution >= 0.6 is 0 Å². The van der Waals surface area contributed by atoms with E-state index in [0.717, 1.165) is 22.6 Å². The van der Waals surface area contributed by atoms with E-state index in [1.54, 1.807) is 10.9 Å². The number of nitrogens with zero attached hydrogens (tertiary/aromatic N) is 6. The first kappa shape index (κ1) is 20.8. The molecule has 4 aromatic rings. The van der Waals surface area contributed by atoms with E-state index in [4.69, 9.17) is 11.6 Å². The lowest BCUT2D eigenvalue weighted by Gasteiger charge is -2.12. The van der Waals surface area contributed by atoms with Crippen molar-refractivity contribution in [2.24, 2.45) is 5.73 Å². The van der Waals surface area contributed by atoms with Crippen molar-refractivity contribution >= 4 is 17.0 Å². The maximum absolute atomic E-state index is 9.80. The second kappa shape index (κ2) is 8.70. The second-order valence-electron chi connectivity index (χ2n) is 7.74. The number of benzene rings is 1. The van der Waals surface area contributed by atoms with Gasteiger partial charge in [0.25, 0.3) is 0 Å². The van der Waals surface area contributed by atoms with Crippen LogP contribution in [0.4, 0.5) is 5.95 Å². The molecule has 10 nitrogen and oxygen atoms in total. The lowest BCUT2D eigenvalue weighted by atomic mass is 10.1. The second-order valence-corrected chi connectivity index (χ2v) is 7.74. The number of anilines is 1. The van der Waals surface area contributed by atoms with Crippen molar-refractivity contribution in [2.75, 3.05) is 24.2 Å². The molecule has 162 valence electrons. The van der Waals surface area contributed by atoms with Gasteiger partial charge in [0.1, 0.15) is 11.0 Å². The van der Waals surface area contributed by atoms with Gasteiger partial charge in [0, 0.05) is 31.9 Å². The molecule has 0 bridgehead atoms. The molecule has 0 spiro atoms. The number of nitrogens with one attached hydrogen (secondary N) is 1. The lowest BCUT2D eigenvalue weighted by Crippen LogP contribution is -2.28. The summed E-state index contributed by atoms with van der Waals surface area (Å²) in [5, 5.41) is 21.6. The number of hydrogen-bond donors (Lipinski definition) is 4. The van der Waals surface area contributed by atoms with E-state index in [1.807, 2.05) is 50.4 Å². The molecular formula is C21H27N9O. The predicted octanol–water partition coefficient (Wildman–Crippen LogP) is 1.17. The average Bonchev–Trinajstić information content (AvgIpc) is 3.41. The van der Waals surface area contributed by atoms with Crippen molar-refractivity contribution in [2.45, 2.75) is 32.3 Å². The number of aliphatic hydroxyl groups is 1. The molecule has 3 heterocycles. The number of fused-ring (bicyclic) bond motifs is 1. The molecule has 0 aliphatic heterocycles. The molecule has 0 aliphatic rings. The molecule has 0 radical (unpaired) electrons. The molecule has 1 aromatic carbocycles. The Labute approximate surface area is 179 Å². The average molecular weight is 422 g/mol. The molecule has 0 amide bonds. The van der Waals surface area contributed by atoms with Gasteiger partial charge in [0.05, 0.1) is 23.2 Å². The number of nitrogen functional groups attached to an aromatic ring is 1. The zero-order valence-corrected chi connectivity index (χ0v) is 17.6. The molecule has 4 rings (SSSR count). The minimum Gasteiger partial charge on any atom is -0.390 e. The van der Waals surface area contributed by atoms with Gasteiger partial charge in [0.2, 0.25) is 5.95 Å². The monoisotopic (exact) mass is 421 g/mol. The first-order valence-electron chi connectivity index (χ1n) is 10.2. The van der Waals surface area contributed by atoms with Gasteiger partial charge in [-0.1, -0.05) is 26.0 Å². The highest BCUT2D eigenvalue weighted by atomic mass is 16.3. The van der Waals surface area contributed by atoms with Crippen LogP contribution < -0.4 is 16.9 Å². The zero-order chi connectivity index (χ0) is 22.0. The maximum atomic E-state index is 9.80.